The Balaban J connectivity index is 2.62. The van der Waals surface area contributed by atoms with Crippen molar-refractivity contribution in [3.63, 3.8) is 0 Å². The van der Waals surface area contributed by atoms with E-state index in [4.69, 9.17) is 0 Å². The van der Waals surface area contributed by atoms with Gasteiger partial charge >= 0.3 is 11.9 Å². The molecule has 6 heteroatoms. The summed E-state index contributed by atoms with van der Waals surface area (Å²) in [6, 6.07) is 0. The highest BCUT2D eigenvalue weighted by Gasteiger charge is 2.31. The quantitative estimate of drug-likeness (QED) is 0.302. The summed E-state index contributed by atoms with van der Waals surface area (Å²) in [7, 11) is 0. The summed E-state index contributed by atoms with van der Waals surface area (Å²) in [5.74, 6) is -5.11. The second-order valence-electron chi connectivity index (χ2n) is 4.01. The van der Waals surface area contributed by atoms with Gasteiger partial charge in [0.25, 0.3) is 0 Å². The van der Waals surface area contributed by atoms with Crippen LogP contribution in [0.2, 0.25) is 0 Å². The number of carbonyl (C=O) groups excluding carboxylic acids is 3. The van der Waals surface area contributed by atoms with Crippen LogP contribution >= 0.6 is 0 Å². The molecule has 18 heavy (non-hydrogen) atoms. The van der Waals surface area contributed by atoms with E-state index < -0.39 is 29.7 Å². The molecule has 0 radical (unpaired) electrons. The predicted molar refractivity (Wildman–Crippen MR) is 57.4 cm³/mol. The third kappa shape index (κ3) is 3.44. The van der Waals surface area contributed by atoms with E-state index in [0.29, 0.717) is 6.42 Å². The van der Waals surface area contributed by atoms with Crippen LogP contribution in [0, 0.1) is 11.8 Å². The largest absolute Gasteiger partial charge is 0.550 e. The predicted octanol–water partition coefficient (Wildman–Crippen LogP) is -0.104. The van der Waals surface area contributed by atoms with Crippen LogP contribution in [-0.4, -0.2) is 17.9 Å². The Kier molecular flexibility index (Phi) is 4.65. The van der Waals surface area contributed by atoms with E-state index >= 15 is 0 Å². The fourth-order valence-corrected chi connectivity index (χ4v) is 1.55. The first-order chi connectivity index (χ1) is 8.43. The van der Waals surface area contributed by atoms with Crippen LogP contribution in [0.1, 0.15) is 19.8 Å². The standard InChI is InChI=1S/C12H14O6/c1-7(2)11(15)17-18-12(16)9-6-4-3-5-8(9)10(13)14/h4,6,8-9H,1,3,5H2,2H3,(H,13,14)/p-1. The van der Waals surface area contributed by atoms with Gasteiger partial charge in [0.1, 0.15) is 0 Å². The maximum Gasteiger partial charge on any atom is 0.381 e. The number of carboxylic acids is 1. The van der Waals surface area contributed by atoms with Crippen LogP contribution in [0.5, 0.6) is 0 Å². The lowest BCUT2D eigenvalue weighted by molar-refractivity contribution is -0.314. The Morgan fingerprint density at radius 3 is 2.56 bits per heavy atom. The average Bonchev–Trinajstić information content (AvgIpc) is 2.35. The number of allylic oxidation sites excluding steroid dienone is 1. The maximum atomic E-state index is 11.6. The molecule has 0 spiro atoms. The van der Waals surface area contributed by atoms with Crippen molar-refractivity contribution in [2.24, 2.45) is 11.8 Å². The van der Waals surface area contributed by atoms with Gasteiger partial charge in [0.05, 0.1) is 5.92 Å². The summed E-state index contributed by atoms with van der Waals surface area (Å²) in [5, 5.41) is 10.8. The lowest BCUT2D eigenvalue weighted by Crippen LogP contribution is -2.40. The molecule has 0 N–H and O–H groups in total. The summed E-state index contributed by atoms with van der Waals surface area (Å²) in [5.41, 5.74) is 0.0680. The molecule has 0 heterocycles. The lowest BCUT2D eigenvalue weighted by atomic mass is 9.84. The van der Waals surface area contributed by atoms with Crippen molar-refractivity contribution < 1.29 is 29.3 Å². The van der Waals surface area contributed by atoms with E-state index in [1.54, 1.807) is 6.08 Å². The SMILES string of the molecule is C=C(C)C(=O)OOC(=O)C1C=CCCC1C(=O)[O-]. The van der Waals surface area contributed by atoms with Crippen LogP contribution in [0.3, 0.4) is 0 Å². The number of hydrogen-bond acceptors (Lipinski definition) is 6. The van der Waals surface area contributed by atoms with Gasteiger partial charge in [-0.05, 0) is 19.8 Å². The molecule has 1 aliphatic rings. The van der Waals surface area contributed by atoms with Crippen LogP contribution in [0.25, 0.3) is 0 Å². The fourth-order valence-electron chi connectivity index (χ4n) is 1.55. The van der Waals surface area contributed by atoms with E-state index in [-0.39, 0.29) is 12.0 Å². The van der Waals surface area contributed by atoms with Crippen molar-refractivity contribution in [1.82, 2.24) is 0 Å². The Hall–Kier alpha value is -2.11. The molecular weight excluding hydrogens is 240 g/mol. The molecule has 0 bridgehead atoms. The van der Waals surface area contributed by atoms with E-state index in [2.05, 4.69) is 16.4 Å². The van der Waals surface area contributed by atoms with Crippen molar-refractivity contribution in [3.8, 4) is 0 Å². The molecule has 0 aromatic heterocycles. The molecule has 0 saturated heterocycles. The molecular formula is C12H13O6-. The minimum atomic E-state index is -1.33. The molecule has 0 saturated carbocycles. The highest BCUT2D eigenvalue weighted by atomic mass is 17.2. The Bertz CT molecular complexity index is 409. The van der Waals surface area contributed by atoms with Crippen LogP contribution in [-0.2, 0) is 24.2 Å². The van der Waals surface area contributed by atoms with E-state index in [1.807, 2.05) is 0 Å². The van der Waals surface area contributed by atoms with Crippen molar-refractivity contribution in [2.75, 3.05) is 0 Å². The third-order valence-corrected chi connectivity index (χ3v) is 2.54. The summed E-state index contributed by atoms with van der Waals surface area (Å²) in [4.78, 5) is 41.9. The summed E-state index contributed by atoms with van der Waals surface area (Å²) in [6.07, 6.45) is 3.92. The third-order valence-electron chi connectivity index (χ3n) is 2.54. The monoisotopic (exact) mass is 253 g/mol. The number of hydrogen-bond donors (Lipinski definition) is 0. The van der Waals surface area contributed by atoms with Crippen LogP contribution in [0.15, 0.2) is 24.3 Å². The maximum absolute atomic E-state index is 11.6. The fraction of sp³-hybridized carbons (Fsp3) is 0.417. The first-order valence-corrected chi connectivity index (χ1v) is 5.39. The van der Waals surface area contributed by atoms with E-state index in [1.165, 1.54) is 13.0 Å². The van der Waals surface area contributed by atoms with Gasteiger partial charge < -0.3 is 9.90 Å². The number of rotatable bonds is 3. The van der Waals surface area contributed by atoms with Gasteiger partial charge in [0.15, 0.2) is 0 Å². The van der Waals surface area contributed by atoms with E-state index in [9.17, 15) is 19.5 Å². The highest BCUT2D eigenvalue weighted by molar-refractivity contribution is 5.88. The highest BCUT2D eigenvalue weighted by Crippen LogP contribution is 2.25. The zero-order valence-electron chi connectivity index (χ0n) is 9.88. The zero-order chi connectivity index (χ0) is 13.7. The molecule has 2 atom stereocenters. The molecule has 6 nitrogen and oxygen atoms in total. The first kappa shape index (κ1) is 14.0. The molecule has 0 aromatic rings. The minimum absolute atomic E-state index is 0.0680. The van der Waals surface area contributed by atoms with Gasteiger partial charge in [0, 0.05) is 17.5 Å². The Labute approximate surface area is 104 Å². The molecule has 2 unspecified atom stereocenters. The molecule has 0 amide bonds. The normalized spacial score (nSPS) is 22.1. The van der Waals surface area contributed by atoms with Gasteiger partial charge in [-0.25, -0.2) is 19.4 Å². The van der Waals surface area contributed by atoms with Gasteiger partial charge in [-0.1, -0.05) is 18.7 Å². The van der Waals surface area contributed by atoms with E-state index in [0.717, 1.165) is 0 Å². The second-order valence-corrected chi connectivity index (χ2v) is 4.01. The molecule has 0 fully saturated rings. The number of carbonyl (C=O) groups is 3. The smallest absolute Gasteiger partial charge is 0.381 e. The van der Waals surface area contributed by atoms with Crippen molar-refractivity contribution in [3.05, 3.63) is 24.3 Å². The summed E-state index contributed by atoms with van der Waals surface area (Å²) >= 11 is 0. The van der Waals surface area contributed by atoms with Crippen molar-refractivity contribution in [1.29, 1.82) is 0 Å². The average molecular weight is 253 g/mol. The second kappa shape index (κ2) is 6.00. The summed E-state index contributed by atoms with van der Waals surface area (Å²) in [6.45, 7) is 4.69. The zero-order valence-corrected chi connectivity index (χ0v) is 9.88. The van der Waals surface area contributed by atoms with Gasteiger partial charge in [-0.2, -0.15) is 0 Å². The van der Waals surface area contributed by atoms with Gasteiger partial charge in [0.2, 0.25) is 0 Å². The summed E-state index contributed by atoms with van der Waals surface area (Å²) < 4.78 is 0. The Morgan fingerprint density at radius 2 is 2.00 bits per heavy atom. The van der Waals surface area contributed by atoms with Crippen LogP contribution < -0.4 is 5.11 Å². The molecule has 98 valence electrons. The van der Waals surface area contributed by atoms with Gasteiger partial charge in [-0.15, -0.1) is 0 Å². The van der Waals surface area contributed by atoms with Crippen molar-refractivity contribution in [2.45, 2.75) is 19.8 Å². The topological polar surface area (TPSA) is 92.7 Å². The number of aliphatic carboxylic acids is 1. The first-order valence-electron chi connectivity index (χ1n) is 5.39. The molecule has 0 aliphatic heterocycles. The molecule has 0 aromatic carbocycles. The van der Waals surface area contributed by atoms with Crippen LogP contribution in [0.4, 0.5) is 0 Å². The molecule has 1 aliphatic carbocycles. The minimum Gasteiger partial charge on any atom is -0.550 e. The van der Waals surface area contributed by atoms with Crippen molar-refractivity contribution >= 4 is 17.9 Å². The lowest BCUT2D eigenvalue weighted by Gasteiger charge is -2.25. The number of carboxylic acid groups (broad SMARTS) is 1. The van der Waals surface area contributed by atoms with Gasteiger partial charge in [-0.3, -0.25) is 0 Å². The Morgan fingerprint density at radius 1 is 1.33 bits per heavy atom. The molecule has 1 rings (SSSR count).